The minimum absolute atomic E-state index is 0.0953. The Morgan fingerprint density at radius 1 is 1.24 bits per heavy atom. The Hall–Kier alpha value is -1.82. The van der Waals surface area contributed by atoms with Crippen molar-refractivity contribution in [3.05, 3.63) is 47.4 Å². The van der Waals surface area contributed by atoms with E-state index in [1.54, 1.807) is 6.92 Å². The summed E-state index contributed by atoms with van der Waals surface area (Å²) in [6, 6.07) is 9.79. The van der Waals surface area contributed by atoms with Gasteiger partial charge in [-0.25, -0.2) is 13.2 Å². The van der Waals surface area contributed by atoms with Gasteiger partial charge in [-0.15, -0.1) is 0 Å². The van der Waals surface area contributed by atoms with Gasteiger partial charge in [0.05, 0.1) is 6.04 Å². The summed E-state index contributed by atoms with van der Waals surface area (Å²) in [5.41, 5.74) is 1.17. The van der Waals surface area contributed by atoms with Crippen molar-refractivity contribution in [3.63, 3.8) is 0 Å². The van der Waals surface area contributed by atoms with Crippen molar-refractivity contribution >= 4 is 15.9 Å². The van der Waals surface area contributed by atoms with E-state index in [1.165, 1.54) is 24.5 Å². The van der Waals surface area contributed by atoms with Gasteiger partial charge in [-0.1, -0.05) is 36.4 Å². The van der Waals surface area contributed by atoms with E-state index in [1.807, 2.05) is 23.1 Å². The first kappa shape index (κ1) is 18.0. The van der Waals surface area contributed by atoms with Crippen LogP contribution in [0.25, 0.3) is 0 Å². The Kier molecular flexibility index (Phi) is 5.18. The number of benzene rings is 1. The molecule has 6 heteroatoms. The summed E-state index contributed by atoms with van der Waals surface area (Å²) in [5.74, 6) is 1.32. The number of amides is 2. The lowest BCUT2D eigenvalue weighted by Gasteiger charge is -2.26. The van der Waals surface area contributed by atoms with Gasteiger partial charge >= 0.3 is 6.03 Å². The average Bonchev–Trinajstić information content (AvgIpc) is 3.31. The molecule has 0 radical (unpaired) electrons. The molecule has 3 atom stereocenters. The molecule has 1 saturated heterocycles. The third-order valence-electron chi connectivity index (χ3n) is 5.03. The van der Waals surface area contributed by atoms with Crippen LogP contribution in [0.2, 0.25) is 0 Å². The maximum absolute atomic E-state index is 12.8. The Bertz CT molecular complexity index is 741. The van der Waals surface area contributed by atoms with Gasteiger partial charge in [0, 0.05) is 24.3 Å². The fourth-order valence-corrected chi connectivity index (χ4v) is 4.10. The molecule has 1 N–H and O–H groups in total. The fourth-order valence-electron chi connectivity index (χ4n) is 3.58. The van der Waals surface area contributed by atoms with E-state index in [4.69, 9.17) is 0 Å². The van der Waals surface area contributed by atoms with E-state index in [2.05, 4.69) is 17.4 Å². The molecule has 1 aliphatic carbocycles. The predicted molar refractivity (Wildman–Crippen MR) is 98.7 cm³/mol. The molecule has 1 unspecified atom stereocenters. The molecule has 1 saturated carbocycles. The highest BCUT2D eigenvalue weighted by Crippen LogP contribution is 2.47. The van der Waals surface area contributed by atoms with Crippen LogP contribution in [0.3, 0.4) is 0 Å². The Labute approximate surface area is 150 Å². The number of urea groups is 1. The zero-order valence-electron chi connectivity index (χ0n) is 14.8. The summed E-state index contributed by atoms with van der Waals surface area (Å²) in [6.45, 7) is 2.56. The highest BCUT2D eigenvalue weighted by molar-refractivity contribution is 7.93. The largest absolute Gasteiger partial charge is 0.332 e. The van der Waals surface area contributed by atoms with Gasteiger partial charge in [0.15, 0.2) is 9.84 Å². The van der Waals surface area contributed by atoms with E-state index in [0.29, 0.717) is 5.92 Å². The quantitative estimate of drug-likeness (QED) is 0.875. The van der Waals surface area contributed by atoms with Crippen LogP contribution in [0.1, 0.15) is 37.8 Å². The van der Waals surface area contributed by atoms with Crippen LogP contribution in [0.15, 0.2) is 41.8 Å². The summed E-state index contributed by atoms with van der Waals surface area (Å²) in [7, 11) is -3.18. The highest BCUT2D eigenvalue weighted by Gasteiger charge is 2.43. The minimum Gasteiger partial charge on any atom is -0.332 e. The van der Waals surface area contributed by atoms with Crippen LogP contribution in [-0.2, 0) is 9.84 Å². The SMILES string of the molecule is CC(/C=C/S(C)(=O)=O)NC(=O)N1C[C@@H](C2CC2)C[C@H]1c1ccccc1. The highest BCUT2D eigenvalue weighted by atomic mass is 32.2. The molecule has 1 aromatic carbocycles. The van der Waals surface area contributed by atoms with Gasteiger partial charge < -0.3 is 10.2 Å². The lowest BCUT2D eigenvalue weighted by atomic mass is 9.96. The van der Waals surface area contributed by atoms with E-state index in [-0.39, 0.29) is 18.1 Å². The van der Waals surface area contributed by atoms with Gasteiger partial charge in [0.2, 0.25) is 0 Å². The van der Waals surface area contributed by atoms with Crippen LogP contribution < -0.4 is 5.32 Å². The van der Waals surface area contributed by atoms with Crippen molar-refractivity contribution in [1.29, 1.82) is 0 Å². The normalized spacial score (nSPS) is 25.3. The summed E-state index contributed by atoms with van der Waals surface area (Å²) in [5, 5.41) is 4.05. The van der Waals surface area contributed by atoms with Crippen LogP contribution in [0, 0.1) is 11.8 Å². The van der Waals surface area contributed by atoms with Gasteiger partial charge in [-0.2, -0.15) is 0 Å². The van der Waals surface area contributed by atoms with Gasteiger partial charge in [-0.05, 0) is 43.6 Å². The molecule has 0 spiro atoms. The molecule has 0 bridgehead atoms. The topological polar surface area (TPSA) is 66.5 Å². The minimum atomic E-state index is -3.18. The molecule has 25 heavy (non-hydrogen) atoms. The number of carbonyl (C=O) groups excluding carboxylic acids is 1. The monoisotopic (exact) mass is 362 g/mol. The number of nitrogens with one attached hydrogen (secondary N) is 1. The maximum Gasteiger partial charge on any atom is 0.318 e. The van der Waals surface area contributed by atoms with Crippen molar-refractivity contribution in [2.24, 2.45) is 11.8 Å². The second-order valence-corrected chi connectivity index (χ2v) is 9.24. The zero-order valence-corrected chi connectivity index (χ0v) is 15.6. The van der Waals surface area contributed by atoms with Crippen LogP contribution >= 0.6 is 0 Å². The molecule has 2 amide bonds. The van der Waals surface area contributed by atoms with Crippen molar-refractivity contribution < 1.29 is 13.2 Å². The molecule has 1 aromatic rings. The first-order valence-corrected chi connectivity index (χ1v) is 10.8. The van der Waals surface area contributed by atoms with E-state index < -0.39 is 9.84 Å². The van der Waals surface area contributed by atoms with E-state index >= 15 is 0 Å². The van der Waals surface area contributed by atoms with Crippen LogP contribution in [0.5, 0.6) is 0 Å². The molecule has 2 fully saturated rings. The molecule has 1 heterocycles. The van der Waals surface area contributed by atoms with Gasteiger partial charge in [0.25, 0.3) is 0 Å². The second kappa shape index (κ2) is 7.20. The lowest BCUT2D eigenvalue weighted by Crippen LogP contribution is -2.43. The number of likely N-dealkylation sites (tertiary alicyclic amines) is 1. The lowest BCUT2D eigenvalue weighted by molar-refractivity contribution is 0.190. The van der Waals surface area contributed by atoms with Crippen molar-refractivity contribution in [3.8, 4) is 0 Å². The summed E-state index contributed by atoms with van der Waals surface area (Å²) < 4.78 is 22.5. The number of hydrogen-bond acceptors (Lipinski definition) is 3. The Morgan fingerprint density at radius 3 is 2.52 bits per heavy atom. The van der Waals surface area contributed by atoms with Gasteiger partial charge in [0.1, 0.15) is 0 Å². The first-order chi connectivity index (χ1) is 11.8. The Balaban J connectivity index is 1.71. The van der Waals surface area contributed by atoms with E-state index in [0.717, 1.165) is 30.5 Å². The molecule has 5 nitrogen and oxygen atoms in total. The standard InChI is InChI=1S/C19H26N2O3S/c1-14(10-11-25(2,23)24)20-19(22)21-13-17(15-8-9-15)12-18(21)16-6-4-3-5-7-16/h3-7,10-11,14-15,17-18H,8-9,12-13H2,1-2H3,(H,20,22)/b11-10+/t14?,17-,18-/m0/s1. The summed E-state index contributed by atoms with van der Waals surface area (Å²) in [6.07, 6.45) is 6.21. The first-order valence-electron chi connectivity index (χ1n) is 8.84. The smallest absolute Gasteiger partial charge is 0.318 e. The van der Waals surface area contributed by atoms with Crippen molar-refractivity contribution in [2.75, 3.05) is 12.8 Å². The maximum atomic E-state index is 12.8. The summed E-state index contributed by atoms with van der Waals surface area (Å²) >= 11 is 0. The molecule has 0 aromatic heterocycles. The Morgan fingerprint density at radius 2 is 1.92 bits per heavy atom. The third-order valence-corrected chi connectivity index (χ3v) is 5.68. The average molecular weight is 362 g/mol. The molecule has 136 valence electrons. The van der Waals surface area contributed by atoms with Crippen LogP contribution in [-0.4, -0.2) is 38.2 Å². The fraction of sp³-hybridized carbons (Fsp3) is 0.526. The zero-order chi connectivity index (χ0) is 18.0. The number of rotatable bonds is 5. The van der Waals surface area contributed by atoms with E-state index in [9.17, 15) is 13.2 Å². The van der Waals surface area contributed by atoms with Crippen molar-refractivity contribution in [2.45, 2.75) is 38.3 Å². The molecule has 2 aliphatic rings. The molecule has 1 aliphatic heterocycles. The molecule has 3 rings (SSSR count). The second-order valence-electron chi connectivity index (χ2n) is 7.31. The molecular weight excluding hydrogens is 336 g/mol. The van der Waals surface area contributed by atoms with Gasteiger partial charge in [-0.3, -0.25) is 0 Å². The number of carbonyl (C=O) groups is 1. The number of nitrogens with zero attached hydrogens (tertiary/aromatic N) is 1. The predicted octanol–water partition coefficient (Wildman–Crippen LogP) is 3.12. The van der Waals surface area contributed by atoms with Crippen LogP contribution in [0.4, 0.5) is 4.79 Å². The summed E-state index contributed by atoms with van der Waals surface area (Å²) in [4.78, 5) is 14.7. The number of hydrogen-bond donors (Lipinski definition) is 1. The number of sulfone groups is 1. The third kappa shape index (κ3) is 4.84. The molecular formula is C19H26N2O3S. The van der Waals surface area contributed by atoms with Crippen molar-refractivity contribution in [1.82, 2.24) is 10.2 Å².